The number of likely N-dealkylation sites (tertiary alicyclic amines) is 1. The van der Waals surface area contributed by atoms with Gasteiger partial charge in [-0.2, -0.15) is 0 Å². The SMILES string of the molecule is O=C1C(=O)N(C2CCCCC2)C(c2cccs2)/C1=C(/O)c1ccc(Cl)c(Cl)c1. The van der Waals surface area contributed by atoms with Crippen LogP contribution in [0.15, 0.2) is 41.3 Å². The Morgan fingerprint density at radius 3 is 2.46 bits per heavy atom. The number of ketones is 1. The molecule has 146 valence electrons. The highest BCUT2D eigenvalue weighted by molar-refractivity contribution is 7.10. The fourth-order valence-corrected chi connectivity index (χ4v) is 5.24. The van der Waals surface area contributed by atoms with E-state index in [2.05, 4.69) is 0 Å². The molecule has 2 heterocycles. The Kier molecular flexibility index (Phi) is 5.50. The first-order valence-corrected chi connectivity index (χ1v) is 10.9. The number of nitrogens with zero attached hydrogens (tertiary/aromatic N) is 1. The lowest BCUT2D eigenvalue weighted by Crippen LogP contribution is -2.40. The van der Waals surface area contributed by atoms with Crippen molar-refractivity contribution in [2.45, 2.75) is 44.2 Å². The molecule has 1 aromatic carbocycles. The zero-order chi connectivity index (χ0) is 19.8. The van der Waals surface area contributed by atoms with Gasteiger partial charge in [-0.1, -0.05) is 48.5 Å². The van der Waals surface area contributed by atoms with Gasteiger partial charge in [0.2, 0.25) is 0 Å². The van der Waals surface area contributed by atoms with E-state index in [1.54, 1.807) is 17.0 Å². The number of hydrogen-bond acceptors (Lipinski definition) is 4. The standard InChI is InChI=1S/C21H19Cl2NO3S/c22-14-9-8-12(11-15(14)23)19(25)17-18(16-7-4-10-28-16)24(21(27)20(17)26)13-5-2-1-3-6-13/h4,7-11,13,18,25H,1-3,5-6H2/b19-17-. The van der Waals surface area contributed by atoms with Gasteiger partial charge in [0.1, 0.15) is 5.76 Å². The Hall–Kier alpha value is -1.82. The first-order chi connectivity index (χ1) is 13.5. The second kappa shape index (κ2) is 7.90. The molecule has 0 radical (unpaired) electrons. The summed E-state index contributed by atoms with van der Waals surface area (Å²) in [6.45, 7) is 0. The minimum absolute atomic E-state index is 0.0106. The van der Waals surface area contributed by atoms with Crippen molar-refractivity contribution in [2.75, 3.05) is 0 Å². The third-order valence-corrected chi connectivity index (χ3v) is 7.12. The van der Waals surface area contributed by atoms with Crippen LogP contribution in [-0.2, 0) is 9.59 Å². The van der Waals surface area contributed by atoms with Crippen LogP contribution in [0.25, 0.3) is 5.76 Å². The summed E-state index contributed by atoms with van der Waals surface area (Å²) in [4.78, 5) is 28.5. The molecule has 4 rings (SSSR count). The number of halogens is 2. The van der Waals surface area contributed by atoms with Gasteiger partial charge in [-0.3, -0.25) is 9.59 Å². The molecule has 1 aromatic heterocycles. The van der Waals surface area contributed by atoms with Crippen molar-refractivity contribution in [2.24, 2.45) is 0 Å². The number of hydrogen-bond donors (Lipinski definition) is 1. The van der Waals surface area contributed by atoms with Crippen molar-refractivity contribution >= 4 is 52.0 Å². The number of benzene rings is 1. The van der Waals surface area contributed by atoms with E-state index in [0.717, 1.165) is 37.0 Å². The fraction of sp³-hybridized carbons (Fsp3) is 0.333. The Bertz CT molecular complexity index is 949. The monoisotopic (exact) mass is 435 g/mol. The summed E-state index contributed by atoms with van der Waals surface area (Å²) in [5.41, 5.74) is 0.494. The summed E-state index contributed by atoms with van der Waals surface area (Å²) in [5.74, 6) is -1.40. The number of aliphatic hydroxyl groups is 1. The fourth-order valence-electron chi connectivity index (χ4n) is 4.11. The predicted octanol–water partition coefficient (Wildman–Crippen LogP) is 5.81. The van der Waals surface area contributed by atoms with Crippen LogP contribution in [0.5, 0.6) is 0 Å². The van der Waals surface area contributed by atoms with Crippen LogP contribution < -0.4 is 0 Å². The van der Waals surface area contributed by atoms with Gasteiger partial charge in [0.15, 0.2) is 0 Å². The predicted molar refractivity (Wildman–Crippen MR) is 112 cm³/mol. The number of amides is 1. The van der Waals surface area contributed by atoms with Crippen molar-refractivity contribution in [3.8, 4) is 0 Å². The lowest BCUT2D eigenvalue weighted by atomic mass is 9.93. The van der Waals surface area contributed by atoms with Crippen molar-refractivity contribution < 1.29 is 14.7 Å². The average molecular weight is 436 g/mol. The number of aliphatic hydroxyl groups excluding tert-OH is 1. The Labute approximate surface area is 177 Å². The van der Waals surface area contributed by atoms with E-state index in [9.17, 15) is 14.7 Å². The molecule has 1 saturated heterocycles. The molecular weight excluding hydrogens is 417 g/mol. The Balaban J connectivity index is 1.85. The van der Waals surface area contributed by atoms with Crippen LogP contribution in [-0.4, -0.2) is 27.7 Å². The summed E-state index contributed by atoms with van der Waals surface area (Å²) >= 11 is 13.5. The van der Waals surface area contributed by atoms with Crippen LogP contribution in [0.2, 0.25) is 10.0 Å². The summed E-state index contributed by atoms with van der Waals surface area (Å²) in [6, 6.07) is 7.91. The zero-order valence-corrected chi connectivity index (χ0v) is 17.4. The maximum Gasteiger partial charge on any atom is 0.295 e. The Morgan fingerprint density at radius 1 is 1.07 bits per heavy atom. The van der Waals surface area contributed by atoms with Crippen molar-refractivity contribution in [3.63, 3.8) is 0 Å². The van der Waals surface area contributed by atoms with E-state index in [-0.39, 0.29) is 22.4 Å². The summed E-state index contributed by atoms with van der Waals surface area (Å²) in [5, 5.41) is 13.5. The highest BCUT2D eigenvalue weighted by Gasteiger charge is 2.49. The van der Waals surface area contributed by atoms with Gasteiger partial charge in [-0.25, -0.2) is 0 Å². The molecule has 2 aromatic rings. The normalized spacial score (nSPS) is 22.8. The van der Waals surface area contributed by atoms with Crippen LogP contribution in [0, 0.1) is 0 Å². The van der Waals surface area contributed by atoms with E-state index in [1.165, 1.54) is 17.4 Å². The molecule has 28 heavy (non-hydrogen) atoms. The minimum atomic E-state index is -0.646. The minimum Gasteiger partial charge on any atom is -0.507 e. The zero-order valence-electron chi connectivity index (χ0n) is 15.0. The van der Waals surface area contributed by atoms with Gasteiger partial charge in [-0.15, -0.1) is 11.3 Å². The number of carbonyl (C=O) groups excluding carboxylic acids is 2. The van der Waals surface area contributed by atoms with Gasteiger partial charge < -0.3 is 10.0 Å². The van der Waals surface area contributed by atoms with Gasteiger partial charge in [0.25, 0.3) is 11.7 Å². The van der Waals surface area contributed by atoms with Crippen molar-refractivity contribution in [1.82, 2.24) is 4.90 Å². The molecule has 1 N–H and O–H groups in total. The van der Waals surface area contributed by atoms with Crippen LogP contribution in [0.3, 0.4) is 0 Å². The topological polar surface area (TPSA) is 57.6 Å². The second-order valence-corrected chi connectivity index (χ2v) is 8.94. The average Bonchev–Trinajstić information content (AvgIpc) is 3.31. The van der Waals surface area contributed by atoms with E-state index in [4.69, 9.17) is 23.2 Å². The summed E-state index contributed by atoms with van der Waals surface area (Å²) in [6.07, 6.45) is 4.98. The lowest BCUT2D eigenvalue weighted by Gasteiger charge is -2.34. The molecule has 1 saturated carbocycles. The smallest absolute Gasteiger partial charge is 0.295 e. The van der Waals surface area contributed by atoms with Crippen molar-refractivity contribution in [3.05, 3.63) is 61.8 Å². The van der Waals surface area contributed by atoms with Gasteiger partial charge >= 0.3 is 0 Å². The summed E-state index contributed by atoms with van der Waals surface area (Å²) in [7, 11) is 0. The van der Waals surface area contributed by atoms with Gasteiger partial charge in [0, 0.05) is 16.5 Å². The first-order valence-electron chi connectivity index (χ1n) is 9.28. The van der Waals surface area contributed by atoms with Gasteiger partial charge in [0.05, 0.1) is 21.7 Å². The van der Waals surface area contributed by atoms with Crippen molar-refractivity contribution in [1.29, 1.82) is 0 Å². The largest absolute Gasteiger partial charge is 0.507 e. The van der Waals surface area contributed by atoms with Crippen LogP contribution in [0.1, 0.15) is 48.6 Å². The lowest BCUT2D eigenvalue weighted by molar-refractivity contribution is -0.141. The number of carbonyl (C=O) groups is 2. The third-order valence-electron chi connectivity index (χ3n) is 5.45. The highest BCUT2D eigenvalue weighted by Crippen LogP contribution is 2.44. The molecule has 4 nitrogen and oxygen atoms in total. The molecular formula is C21H19Cl2NO3S. The first kappa shape index (κ1) is 19.5. The van der Waals surface area contributed by atoms with Crippen LogP contribution >= 0.6 is 34.5 Å². The molecule has 1 aliphatic carbocycles. The molecule has 1 amide bonds. The molecule has 0 bridgehead atoms. The Morgan fingerprint density at radius 2 is 1.82 bits per heavy atom. The molecule has 1 atom stereocenters. The molecule has 0 spiro atoms. The van der Waals surface area contributed by atoms with E-state index in [0.29, 0.717) is 10.6 Å². The molecule has 2 fully saturated rings. The molecule has 1 unspecified atom stereocenters. The number of Topliss-reactive ketones (excluding diaryl/α,β-unsaturated/α-hetero) is 1. The quantitative estimate of drug-likeness (QED) is 0.375. The summed E-state index contributed by atoms with van der Waals surface area (Å²) < 4.78 is 0. The van der Waals surface area contributed by atoms with E-state index >= 15 is 0 Å². The molecule has 7 heteroatoms. The highest BCUT2D eigenvalue weighted by atomic mass is 35.5. The van der Waals surface area contributed by atoms with E-state index in [1.807, 2.05) is 17.5 Å². The molecule has 1 aliphatic heterocycles. The molecule has 2 aliphatic rings. The maximum absolute atomic E-state index is 13.0. The number of thiophene rings is 1. The number of rotatable bonds is 3. The second-order valence-electron chi connectivity index (χ2n) is 7.14. The van der Waals surface area contributed by atoms with Gasteiger partial charge in [-0.05, 0) is 42.5 Å². The maximum atomic E-state index is 13.0. The van der Waals surface area contributed by atoms with Crippen LogP contribution in [0.4, 0.5) is 0 Å². The third kappa shape index (κ3) is 3.36. The van der Waals surface area contributed by atoms with E-state index < -0.39 is 17.7 Å².